The summed E-state index contributed by atoms with van der Waals surface area (Å²) in [5.41, 5.74) is -0.188. The van der Waals surface area contributed by atoms with Gasteiger partial charge in [0, 0.05) is 13.1 Å². The van der Waals surface area contributed by atoms with Crippen LogP contribution >= 0.6 is 0 Å². The number of carboxylic acid groups (broad SMARTS) is 2. The second-order valence-electron chi connectivity index (χ2n) is 5.72. The van der Waals surface area contributed by atoms with Gasteiger partial charge in [0.2, 0.25) is 0 Å². The Morgan fingerprint density at radius 1 is 1.20 bits per heavy atom. The number of hydrogen-bond donors (Lipinski definition) is 4. The Kier molecular flexibility index (Phi) is 6.98. The van der Waals surface area contributed by atoms with Crippen LogP contribution in [0.4, 0.5) is 4.79 Å². The van der Waals surface area contributed by atoms with Gasteiger partial charge >= 0.3 is 18.0 Å². The van der Waals surface area contributed by atoms with Crippen LogP contribution in [0.2, 0.25) is 0 Å². The van der Waals surface area contributed by atoms with E-state index in [9.17, 15) is 14.4 Å². The molecular formula is C12H23N3O5. The van der Waals surface area contributed by atoms with E-state index in [-0.39, 0.29) is 5.41 Å². The van der Waals surface area contributed by atoms with E-state index in [2.05, 4.69) is 10.6 Å². The summed E-state index contributed by atoms with van der Waals surface area (Å²) in [5.74, 6) is -2.67. The quantitative estimate of drug-likeness (QED) is 0.491. The number of urea groups is 1. The van der Waals surface area contributed by atoms with Crippen molar-refractivity contribution in [3.05, 3.63) is 0 Å². The Hall–Kier alpha value is -1.83. The highest BCUT2D eigenvalue weighted by Gasteiger charge is 2.24. The number of nitrogens with one attached hydrogen (secondary N) is 2. The van der Waals surface area contributed by atoms with Crippen molar-refractivity contribution >= 4 is 18.0 Å². The van der Waals surface area contributed by atoms with Gasteiger partial charge in [0.05, 0.1) is 6.42 Å². The SMILES string of the molecule is CN(C)CC(C)(C)CNC(=O)N[C@H](CC(=O)O)C(=O)O. The predicted molar refractivity (Wildman–Crippen MR) is 72.5 cm³/mol. The first-order chi connectivity index (χ1) is 9.03. The van der Waals surface area contributed by atoms with E-state index in [1.54, 1.807) is 0 Å². The average molecular weight is 289 g/mol. The lowest BCUT2D eigenvalue weighted by Gasteiger charge is -2.28. The Morgan fingerprint density at radius 3 is 2.15 bits per heavy atom. The molecule has 0 aromatic heterocycles. The molecule has 0 aromatic carbocycles. The van der Waals surface area contributed by atoms with Gasteiger partial charge in [-0.05, 0) is 19.5 Å². The number of carbonyl (C=O) groups excluding carboxylic acids is 1. The molecule has 0 bridgehead atoms. The van der Waals surface area contributed by atoms with Crippen LogP contribution in [-0.4, -0.2) is 66.3 Å². The van der Waals surface area contributed by atoms with Crippen LogP contribution in [0.15, 0.2) is 0 Å². The van der Waals surface area contributed by atoms with E-state index in [1.807, 2.05) is 32.8 Å². The number of rotatable bonds is 8. The molecule has 0 aliphatic carbocycles. The molecule has 8 heteroatoms. The lowest BCUT2D eigenvalue weighted by Crippen LogP contribution is -2.49. The second kappa shape index (κ2) is 7.68. The van der Waals surface area contributed by atoms with E-state index in [4.69, 9.17) is 10.2 Å². The Balaban J connectivity index is 4.33. The van der Waals surface area contributed by atoms with E-state index in [1.165, 1.54) is 0 Å². The summed E-state index contributed by atoms with van der Waals surface area (Å²) in [4.78, 5) is 34.9. The molecule has 0 aliphatic heterocycles. The number of amides is 2. The lowest BCUT2D eigenvalue weighted by molar-refractivity contribution is -0.145. The highest BCUT2D eigenvalue weighted by Crippen LogP contribution is 2.13. The molecule has 0 heterocycles. The first-order valence-corrected chi connectivity index (χ1v) is 6.17. The van der Waals surface area contributed by atoms with Crippen LogP contribution in [0.5, 0.6) is 0 Å². The zero-order valence-corrected chi connectivity index (χ0v) is 12.3. The molecular weight excluding hydrogens is 266 g/mol. The topological polar surface area (TPSA) is 119 Å². The van der Waals surface area contributed by atoms with Crippen molar-refractivity contribution in [1.29, 1.82) is 0 Å². The van der Waals surface area contributed by atoms with Crippen molar-refractivity contribution < 1.29 is 24.6 Å². The van der Waals surface area contributed by atoms with Crippen LogP contribution in [0.25, 0.3) is 0 Å². The first kappa shape index (κ1) is 18.2. The van der Waals surface area contributed by atoms with Crippen molar-refractivity contribution in [1.82, 2.24) is 15.5 Å². The standard InChI is InChI=1S/C12H23N3O5/c1-12(2,7-15(3)4)6-13-11(20)14-8(10(18)19)5-9(16)17/h8H,5-7H2,1-4H3,(H,16,17)(H,18,19)(H2,13,14,20)/t8-/m1/s1. The number of carbonyl (C=O) groups is 3. The fraction of sp³-hybridized carbons (Fsp3) is 0.750. The summed E-state index contributed by atoms with van der Waals surface area (Å²) in [6.07, 6.45) is -0.663. The fourth-order valence-electron chi connectivity index (χ4n) is 1.82. The summed E-state index contributed by atoms with van der Waals surface area (Å²) in [6, 6.07) is -2.13. The van der Waals surface area contributed by atoms with Gasteiger partial charge in [-0.15, -0.1) is 0 Å². The molecule has 0 rings (SSSR count). The maximum atomic E-state index is 11.6. The van der Waals surface area contributed by atoms with Crippen LogP contribution in [0.1, 0.15) is 20.3 Å². The Bertz CT molecular complexity index is 368. The maximum absolute atomic E-state index is 11.6. The largest absolute Gasteiger partial charge is 0.481 e. The molecule has 4 N–H and O–H groups in total. The van der Waals surface area contributed by atoms with E-state index >= 15 is 0 Å². The first-order valence-electron chi connectivity index (χ1n) is 6.17. The molecule has 0 aromatic rings. The fourth-order valence-corrected chi connectivity index (χ4v) is 1.82. The van der Waals surface area contributed by atoms with Crippen LogP contribution in [0.3, 0.4) is 0 Å². The molecule has 2 amide bonds. The third kappa shape index (κ3) is 8.30. The van der Waals surface area contributed by atoms with Crippen molar-refractivity contribution in [2.45, 2.75) is 26.3 Å². The van der Waals surface area contributed by atoms with Gasteiger partial charge in [0.25, 0.3) is 0 Å². The number of aliphatic carboxylic acids is 2. The summed E-state index contributed by atoms with van der Waals surface area (Å²) in [7, 11) is 3.82. The Labute approximate surface area is 118 Å². The van der Waals surface area contributed by atoms with Gasteiger partial charge in [-0.1, -0.05) is 13.8 Å². The minimum Gasteiger partial charge on any atom is -0.481 e. The monoisotopic (exact) mass is 289 g/mol. The molecule has 20 heavy (non-hydrogen) atoms. The van der Waals surface area contributed by atoms with E-state index < -0.39 is 30.4 Å². The zero-order chi connectivity index (χ0) is 15.9. The van der Waals surface area contributed by atoms with Crippen molar-refractivity contribution in [2.75, 3.05) is 27.2 Å². The third-order valence-electron chi connectivity index (χ3n) is 2.45. The molecule has 8 nitrogen and oxygen atoms in total. The third-order valence-corrected chi connectivity index (χ3v) is 2.45. The van der Waals surface area contributed by atoms with Gasteiger partial charge in [-0.3, -0.25) is 4.79 Å². The van der Waals surface area contributed by atoms with Gasteiger partial charge in [0.1, 0.15) is 6.04 Å². The van der Waals surface area contributed by atoms with Gasteiger partial charge in [0.15, 0.2) is 0 Å². The van der Waals surface area contributed by atoms with Crippen LogP contribution < -0.4 is 10.6 Å². The molecule has 0 saturated heterocycles. The summed E-state index contributed by atoms with van der Waals surface area (Å²) in [6.45, 7) is 5.00. The Morgan fingerprint density at radius 2 is 1.75 bits per heavy atom. The van der Waals surface area contributed by atoms with Crippen molar-refractivity contribution in [3.8, 4) is 0 Å². The normalized spacial score (nSPS) is 12.8. The van der Waals surface area contributed by atoms with Crippen molar-refractivity contribution in [3.63, 3.8) is 0 Å². The van der Waals surface area contributed by atoms with E-state index in [0.29, 0.717) is 6.54 Å². The van der Waals surface area contributed by atoms with Crippen LogP contribution in [-0.2, 0) is 9.59 Å². The summed E-state index contributed by atoms with van der Waals surface area (Å²) >= 11 is 0. The smallest absolute Gasteiger partial charge is 0.326 e. The molecule has 0 unspecified atom stereocenters. The van der Waals surface area contributed by atoms with Crippen molar-refractivity contribution in [2.24, 2.45) is 5.41 Å². The highest BCUT2D eigenvalue weighted by molar-refractivity contribution is 5.86. The number of carboxylic acids is 2. The highest BCUT2D eigenvalue weighted by atomic mass is 16.4. The maximum Gasteiger partial charge on any atom is 0.326 e. The number of nitrogens with zero attached hydrogens (tertiary/aromatic N) is 1. The molecule has 0 aliphatic rings. The minimum absolute atomic E-state index is 0.188. The molecule has 0 spiro atoms. The van der Waals surface area contributed by atoms with Crippen LogP contribution in [0, 0.1) is 5.41 Å². The van der Waals surface area contributed by atoms with E-state index in [0.717, 1.165) is 6.54 Å². The zero-order valence-electron chi connectivity index (χ0n) is 12.3. The molecule has 0 fully saturated rings. The minimum atomic E-state index is -1.44. The molecule has 0 saturated carbocycles. The van der Waals surface area contributed by atoms with Gasteiger partial charge < -0.3 is 25.7 Å². The lowest BCUT2D eigenvalue weighted by atomic mass is 9.93. The molecule has 1 atom stereocenters. The number of hydrogen-bond acceptors (Lipinski definition) is 4. The van der Waals surface area contributed by atoms with Gasteiger partial charge in [-0.25, -0.2) is 9.59 Å². The predicted octanol–water partition coefficient (Wildman–Crippen LogP) is -0.199. The summed E-state index contributed by atoms with van der Waals surface area (Å²) in [5, 5.41) is 22.1. The summed E-state index contributed by atoms with van der Waals surface area (Å²) < 4.78 is 0. The molecule has 0 radical (unpaired) electrons. The van der Waals surface area contributed by atoms with Gasteiger partial charge in [-0.2, -0.15) is 0 Å². The average Bonchev–Trinajstić information content (AvgIpc) is 2.23. The second-order valence-corrected chi connectivity index (χ2v) is 5.72. The molecule has 116 valence electrons.